The topological polar surface area (TPSA) is 53.3 Å². The van der Waals surface area contributed by atoms with Crippen molar-refractivity contribution < 1.29 is 0 Å². The molecule has 2 aromatic carbocycles. The number of allylic oxidation sites excluding steroid dienone is 2. The Morgan fingerprint density at radius 3 is 2.44 bits per heavy atom. The fourth-order valence-electron chi connectivity index (χ4n) is 3.85. The van der Waals surface area contributed by atoms with Gasteiger partial charge < -0.3 is 16.4 Å². The molecule has 0 saturated carbocycles. The van der Waals surface area contributed by atoms with E-state index in [4.69, 9.17) is 5.73 Å². The van der Waals surface area contributed by atoms with Gasteiger partial charge in [-0.2, -0.15) is 0 Å². The second-order valence-corrected chi connectivity index (χ2v) is 9.26. The number of piperazine rings is 1. The van der Waals surface area contributed by atoms with Crippen LogP contribution in [0.4, 0.5) is 11.4 Å². The second-order valence-electron chi connectivity index (χ2n) is 8.32. The van der Waals surface area contributed by atoms with Crippen molar-refractivity contribution in [3.8, 4) is 0 Å². The van der Waals surface area contributed by atoms with Crippen LogP contribution in [0.1, 0.15) is 41.0 Å². The van der Waals surface area contributed by atoms with Crippen molar-refractivity contribution in [1.82, 2.24) is 10.2 Å². The van der Waals surface area contributed by atoms with E-state index in [1.165, 1.54) is 16.0 Å². The summed E-state index contributed by atoms with van der Waals surface area (Å²) >= 11 is 1.73. The lowest BCUT2D eigenvalue weighted by atomic mass is 10.0. The Morgan fingerprint density at radius 1 is 1.14 bits per heavy atom. The van der Waals surface area contributed by atoms with Crippen molar-refractivity contribution in [3.05, 3.63) is 100 Å². The maximum atomic E-state index is 6.04. The lowest BCUT2D eigenvalue weighted by Gasteiger charge is -2.27. The highest BCUT2D eigenvalue weighted by atomic mass is 32.1. The molecule has 0 amide bonds. The highest BCUT2D eigenvalue weighted by molar-refractivity contribution is 7.11. The summed E-state index contributed by atoms with van der Waals surface area (Å²) in [6.07, 6.45) is 6.01. The van der Waals surface area contributed by atoms with Gasteiger partial charge in [0.1, 0.15) is 0 Å². The highest BCUT2D eigenvalue weighted by Gasteiger charge is 2.10. The number of anilines is 2. The molecule has 4 rings (SSSR count). The maximum absolute atomic E-state index is 6.04. The lowest BCUT2D eigenvalue weighted by molar-refractivity contribution is 0.233. The summed E-state index contributed by atoms with van der Waals surface area (Å²) in [7, 11) is 1.96. The molecule has 192 valence electrons. The first-order valence-corrected chi connectivity index (χ1v) is 13.5. The summed E-state index contributed by atoms with van der Waals surface area (Å²) in [5, 5.41) is 8.78. The van der Waals surface area contributed by atoms with Gasteiger partial charge in [-0.05, 0) is 52.8 Å². The molecule has 1 aliphatic rings. The smallest absolute Gasteiger partial charge is 0.0414 e. The number of para-hydroxylation sites is 1. The fraction of sp³-hybridized carbons (Fsp3) is 0.290. The minimum atomic E-state index is 0.752. The zero-order valence-corrected chi connectivity index (χ0v) is 23.1. The normalized spacial score (nSPS) is 13.2. The number of aryl methyl sites for hydroxylation is 1. The van der Waals surface area contributed by atoms with Gasteiger partial charge in [-0.1, -0.05) is 75.6 Å². The number of nitrogen functional groups attached to an aromatic ring is 1. The van der Waals surface area contributed by atoms with Crippen LogP contribution in [0.3, 0.4) is 0 Å². The molecule has 0 bridgehead atoms. The quantitative estimate of drug-likeness (QED) is 0.237. The molecule has 1 aromatic heterocycles. The molecule has 3 aromatic rings. The van der Waals surface area contributed by atoms with Gasteiger partial charge in [-0.15, -0.1) is 11.3 Å². The Hall–Kier alpha value is -3.12. The molecule has 0 atom stereocenters. The first kappa shape index (κ1) is 29.1. The van der Waals surface area contributed by atoms with Crippen molar-refractivity contribution in [2.75, 3.05) is 44.3 Å². The first-order valence-electron chi connectivity index (χ1n) is 12.6. The van der Waals surface area contributed by atoms with E-state index in [9.17, 15) is 0 Å². The van der Waals surface area contributed by atoms with Crippen LogP contribution in [0.15, 0.2) is 73.1 Å². The number of nitrogens with zero attached hydrogens (tertiary/aromatic N) is 1. The molecule has 4 nitrogen and oxygen atoms in total. The number of benzene rings is 2. The van der Waals surface area contributed by atoms with Crippen LogP contribution >= 0.6 is 11.3 Å². The summed E-state index contributed by atoms with van der Waals surface area (Å²) in [5.74, 6) is 0. The van der Waals surface area contributed by atoms with Gasteiger partial charge >= 0.3 is 0 Å². The van der Waals surface area contributed by atoms with Crippen molar-refractivity contribution in [2.45, 2.75) is 27.3 Å². The van der Waals surface area contributed by atoms with Gasteiger partial charge in [0.05, 0.1) is 0 Å². The fourth-order valence-corrected chi connectivity index (χ4v) is 4.62. The van der Waals surface area contributed by atoms with Gasteiger partial charge in [0, 0.05) is 61.6 Å². The van der Waals surface area contributed by atoms with E-state index in [0.29, 0.717) is 0 Å². The second kappa shape index (κ2) is 15.8. The minimum Gasteiger partial charge on any atom is -0.398 e. The van der Waals surface area contributed by atoms with Crippen LogP contribution < -0.4 is 16.4 Å². The van der Waals surface area contributed by atoms with Gasteiger partial charge in [0.25, 0.3) is 0 Å². The third-order valence-electron chi connectivity index (χ3n) is 5.86. The number of hydrogen-bond acceptors (Lipinski definition) is 5. The summed E-state index contributed by atoms with van der Waals surface area (Å²) in [6, 6.07) is 16.5. The van der Waals surface area contributed by atoms with E-state index < -0.39 is 0 Å². The van der Waals surface area contributed by atoms with Gasteiger partial charge in [0.2, 0.25) is 0 Å². The first-order chi connectivity index (χ1) is 17.5. The zero-order chi connectivity index (χ0) is 26.3. The van der Waals surface area contributed by atoms with E-state index in [-0.39, 0.29) is 0 Å². The number of nitrogens with two attached hydrogens (primary N) is 1. The molecule has 4 N–H and O–H groups in total. The largest absolute Gasteiger partial charge is 0.398 e. The third kappa shape index (κ3) is 8.83. The van der Waals surface area contributed by atoms with E-state index >= 15 is 0 Å². The number of nitrogens with one attached hydrogen (secondary N) is 2. The SMILES string of the molecule is C=C(/C=C/c1ccc(CN2CCNCC2)cc1NC)c1ccccc1N.C=Cc1sccc1C.CC. The van der Waals surface area contributed by atoms with Crippen LogP contribution in [-0.4, -0.2) is 38.1 Å². The average Bonchev–Trinajstić information content (AvgIpc) is 3.34. The summed E-state index contributed by atoms with van der Waals surface area (Å²) < 4.78 is 0. The van der Waals surface area contributed by atoms with Crippen molar-refractivity contribution >= 4 is 40.4 Å². The van der Waals surface area contributed by atoms with E-state index in [1.54, 1.807) is 11.3 Å². The van der Waals surface area contributed by atoms with Crippen molar-refractivity contribution in [3.63, 3.8) is 0 Å². The molecule has 0 spiro atoms. The van der Waals surface area contributed by atoms with Gasteiger partial charge in [-0.25, -0.2) is 0 Å². The number of thiophene rings is 1. The molecule has 0 radical (unpaired) electrons. The van der Waals surface area contributed by atoms with E-state index in [2.05, 4.69) is 71.3 Å². The molecule has 0 aliphatic carbocycles. The van der Waals surface area contributed by atoms with Crippen LogP contribution in [0.2, 0.25) is 0 Å². The maximum Gasteiger partial charge on any atom is 0.0414 e. The van der Waals surface area contributed by atoms with Crippen molar-refractivity contribution in [2.24, 2.45) is 0 Å². The molecule has 36 heavy (non-hydrogen) atoms. The standard InChI is InChI=1S/C22H28N4.C7H8S.C2H6/c1-17(20-5-3-4-6-21(20)23)7-9-19-10-8-18(15-22(19)24-2)16-26-13-11-25-12-14-26;1-3-7-6(2)4-5-8-7;1-2/h3-10,15,24-25H,1,11-14,16,23H2,2H3;3-5H,1H2,2H3;1-2H3/b9-7+;;. The van der Waals surface area contributed by atoms with Crippen LogP contribution in [-0.2, 0) is 6.54 Å². The highest BCUT2D eigenvalue weighted by Crippen LogP contribution is 2.24. The summed E-state index contributed by atoms with van der Waals surface area (Å²) in [4.78, 5) is 3.77. The Kier molecular flexibility index (Phi) is 12.8. The summed E-state index contributed by atoms with van der Waals surface area (Å²) in [6.45, 7) is 19.3. The number of hydrogen-bond donors (Lipinski definition) is 3. The van der Waals surface area contributed by atoms with Crippen LogP contribution in [0, 0.1) is 6.92 Å². The van der Waals surface area contributed by atoms with Crippen molar-refractivity contribution in [1.29, 1.82) is 0 Å². The molecule has 1 saturated heterocycles. The Bertz CT molecular complexity index is 1120. The zero-order valence-electron chi connectivity index (χ0n) is 22.3. The molecule has 5 heteroatoms. The molecule has 1 aliphatic heterocycles. The predicted molar refractivity (Wildman–Crippen MR) is 164 cm³/mol. The van der Waals surface area contributed by atoms with Crippen LogP contribution in [0.5, 0.6) is 0 Å². The molecule has 1 fully saturated rings. The monoisotopic (exact) mass is 502 g/mol. The van der Waals surface area contributed by atoms with E-state index in [1.807, 2.05) is 57.3 Å². The lowest BCUT2D eigenvalue weighted by Crippen LogP contribution is -2.42. The number of rotatable bonds is 7. The Morgan fingerprint density at radius 2 is 1.86 bits per heavy atom. The Balaban J connectivity index is 0.000000384. The van der Waals surface area contributed by atoms with Gasteiger partial charge in [-0.3, -0.25) is 4.90 Å². The Labute approximate surface area is 222 Å². The predicted octanol–water partition coefficient (Wildman–Crippen LogP) is 7.17. The molecular weight excluding hydrogens is 460 g/mol. The molecular formula is C31H42N4S. The molecule has 2 heterocycles. The van der Waals surface area contributed by atoms with E-state index in [0.717, 1.165) is 60.8 Å². The van der Waals surface area contributed by atoms with Gasteiger partial charge in [0.15, 0.2) is 0 Å². The average molecular weight is 503 g/mol. The summed E-state index contributed by atoms with van der Waals surface area (Å²) in [5.41, 5.74) is 13.6. The molecule has 0 unspecified atom stereocenters. The third-order valence-corrected chi connectivity index (χ3v) is 6.88. The minimum absolute atomic E-state index is 0.752. The van der Waals surface area contributed by atoms with Crippen LogP contribution in [0.25, 0.3) is 17.7 Å².